The Labute approximate surface area is 123 Å². The fraction of sp³-hybridized carbons (Fsp3) is 0.467. The van der Waals surface area contributed by atoms with Gasteiger partial charge >= 0.3 is 0 Å². The quantitative estimate of drug-likeness (QED) is 0.797. The monoisotopic (exact) mass is 287 g/mol. The number of nitrogens with zero attached hydrogens (tertiary/aromatic N) is 3. The van der Waals surface area contributed by atoms with Gasteiger partial charge in [0.2, 0.25) is 5.91 Å². The highest BCUT2D eigenvalue weighted by Gasteiger charge is 2.37. The lowest BCUT2D eigenvalue weighted by Gasteiger charge is -2.44. The molecule has 2 aliphatic rings. The molecule has 2 heterocycles. The highest BCUT2D eigenvalue weighted by atomic mass is 32.2. The largest absolute Gasteiger partial charge is 0.280 e. The summed E-state index contributed by atoms with van der Waals surface area (Å²) in [6, 6.07) is 7.91. The second-order valence-corrected chi connectivity index (χ2v) is 7.58. The fourth-order valence-corrected chi connectivity index (χ4v) is 3.94. The topological polar surface area (TPSA) is 47.3 Å². The van der Waals surface area contributed by atoms with Gasteiger partial charge in [-0.2, -0.15) is 5.26 Å². The number of thioether (sulfide) groups is 1. The average Bonchev–Trinajstić information content (AvgIpc) is 2.82. The summed E-state index contributed by atoms with van der Waals surface area (Å²) in [5.41, 5.74) is 1.63. The van der Waals surface area contributed by atoms with Crippen LogP contribution in [0.25, 0.3) is 0 Å². The molecule has 3 rings (SSSR count). The van der Waals surface area contributed by atoms with Crippen molar-refractivity contribution >= 4 is 23.4 Å². The minimum atomic E-state index is 0.0457. The number of carbonyl (C=O) groups excluding carboxylic acids is 1. The van der Waals surface area contributed by atoms with E-state index in [9.17, 15) is 4.79 Å². The zero-order valence-electron chi connectivity index (χ0n) is 11.7. The molecular weight excluding hydrogens is 270 g/mol. The molecule has 1 aromatic rings. The van der Waals surface area contributed by atoms with Gasteiger partial charge in [0.05, 0.1) is 23.9 Å². The summed E-state index contributed by atoms with van der Waals surface area (Å²) in [6.45, 7) is 5.93. The van der Waals surface area contributed by atoms with E-state index in [2.05, 4.69) is 24.9 Å². The lowest BCUT2D eigenvalue weighted by atomic mass is 10.1. The highest BCUT2D eigenvalue weighted by molar-refractivity contribution is 8.00. The third kappa shape index (κ3) is 2.25. The number of anilines is 1. The molecule has 0 N–H and O–H groups in total. The van der Waals surface area contributed by atoms with E-state index >= 15 is 0 Å². The van der Waals surface area contributed by atoms with Crippen molar-refractivity contribution in [3.05, 3.63) is 23.8 Å². The van der Waals surface area contributed by atoms with E-state index in [0.717, 1.165) is 30.1 Å². The van der Waals surface area contributed by atoms with Gasteiger partial charge in [0.15, 0.2) is 0 Å². The van der Waals surface area contributed by atoms with Crippen LogP contribution in [0.1, 0.15) is 32.3 Å². The Morgan fingerprint density at radius 1 is 1.35 bits per heavy atom. The lowest BCUT2D eigenvalue weighted by molar-refractivity contribution is -0.128. The van der Waals surface area contributed by atoms with Gasteiger partial charge in [-0.1, -0.05) is 0 Å². The molecule has 2 aliphatic heterocycles. The smallest absolute Gasteiger partial charge is 0.241 e. The summed E-state index contributed by atoms with van der Waals surface area (Å²) in [5, 5.41) is 13.0. The summed E-state index contributed by atoms with van der Waals surface area (Å²) in [7, 11) is 0. The van der Waals surface area contributed by atoms with E-state index in [-0.39, 0.29) is 10.7 Å². The summed E-state index contributed by atoms with van der Waals surface area (Å²) < 4.78 is 0.0457. The molecule has 20 heavy (non-hydrogen) atoms. The first-order valence-corrected chi connectivity index (χ1v) is 7.63. The second kappa shape index (κ2) is 4.71. The molecule has 1 amide bonds. The first kappa shape index (κ1) is 13.3. The molecule has 0 aromatic heterocycles. The van der Waals surface area contributed by atoms with Crippen LogP contribution >= 0.6 is 11.8 Å². The summed E-state index contributed by atoms with van der Waals surface area (Å²) in [6.07, 6.45) is 1.54. The summed E-state index contributed by atoms with van der Waals surface area (Å²) in [4.78, 5) is 13.2. The Kier molecular flexibility index (Phi) is 3.14. The van der Waals surface area contributed by atoms with Crippen LogP contribution in [0.4, 0.5) is 5.69 Å². The number of carbonyl (C=O) groups is 1. The average molecular weight is 287 g/mol. The maximum absolute atomic E-state index is 12.1. The number of hydrogen-bond donors (Lipinski definition) is 0. The minimum Gasteiger partial charge on any atom is -0.280 e. The lowest BCUT2D eigenvalue weighted by Crippen LogP contribution is -2.51. The van der Waals surface area contributed by atoms with Crippen LogP contribution in [0, 0.1) is 11.3 Å². The van der Waals surface area contributed by atoms with Gasteiger partial charge in [-0.05, 0) is 38.5 Å². The molecule has 0 aliphatic carbocycles. The zero-order valence-corrected chi connectivity index (χ0v) is 12.5. The molecule has 0 spiro atoms. The van der Waals surface area contributed by atoms with Gasteiger partial charge < -0.3 is 0 Å². The van der Waals surface area contributed by atoms with Gasteiger partial charge in [0.1, 0.15) is 0 Å². The van der Waals surface area contributed by atoms with E-state index in [4.69, 9.17) is 5.26 Å². The molecule has 0 unspecified atom stereocenters. The van der Waals surface area contributed by atoms with Crippen molar-refractivity contribution in [2.45, 2.75) is 36.3 Å². The third-order valence-electron chi connectivity index (χ3n) is 3.62. The van der Waals surface area contributed by atoms with E-state index < -0.39 is 0 Å². The Hall–Kier alpha value is -1.67. The number of benzene rings is 1. The molecule has 4 nitrogen and oxygen atoms in total. The molecule has 0 atom stereocenters. The van der Waals surface area contributed by atoms with Crippen LogP contribution in [-0.2, 0) is 4.79 Å². The van der Waals surface area contributed by atoms with Crippen molar-refractivity contribution in [2.24, 2.45) is 0 Å². The van der Waals surface area contributed by atoms with Gasteiger partial charge in [0.25, 0.3) is 0 Å². The predicted molar refractivity (Wildman–Crippen MR) is 79.4 cm³/mol. The number of hydrogen-bond acceptors (Lipinski definition) is 4. The number of amides is 1. The van der Waals surface area contributed by atoms with Crippen LogP contribution < -0.4 is 5.01 Å². The standard InChI is InChI=1S/C15H17N3OS/c1-15(2)10-18(17-7-3-4-14(17)19)12-8-11(9-16)5-6-13(12)20-15/h5-6,8H,3-4,7,10H2,1-2H3. The molecule has 1 aromatic carbocycles. The number of hydrazine groups is 1. The van der Waals surface area contributed by atoms with Crippen molar-refractivity contribution in [3.8, 4) is 6.07 Å². The molecule has 1 fully saturated rings. The Morgan fingerprint density at radius 3 is 2.80 bits per heavy atom. The Morgan fingerprint density at radius 2 is 2.15 bits per heavy atom. The predicted octanol–water partition coefficient (Wildman–Crippen LogP) is 2.79. The van der Waals surface area contributed by atoms with Crippen LogP contribution in [0.5, 0.6) is 0 Å². The van der Waals surface area contributed by atoms with Gasteiger partial charge in [0, 0.05) is 22.6 Å². The summed E-state index contributed by atoms with van der Waals surface area (Å²) in [5.74, 6) is 0.181. The van der Waals surface area contributed by atoms with Crippen LogP contribution in [0.15, 0.2) is 23.1 Å². The maximum Gasteiger partial charge on any atom is 0.241 e. The third-order valence-corrected chi connectivity index (χ3v) is 4.87. The summed E-state index contributed by atoms with van der Waals surface area (Å²) >= 11 is 1.81. The number of nitriles is 1. The van der Waals surface area contributed by atoms with Crippen molar-refractivity contribution in [2.75, 3.05) is 18.1 Å². The SMILES string of the molecule is CC1(C)CN(N2CCCC2=O)c2cc(C#N)ccc2S1. The van der Waals surface area contributed by atoms with Crippen LogP contribution in [-0.4, -0.2) is 28.8 Å². The van der Waals surface area contributed by atoms with Gasteiger partial charge in [-0.15, -0.1) is 11.8 Å². The first-order valence-electron chi connectivity index (χ1n) is 6.81. The molecule has 0 saturated carbocycles. The normalized spacial score (nSPS) is 20.8. The number of fused-ring (bicyclic) bond motifs is 1. The zero-order chi connectivity index (χ0) is 14.3. The van der Waals surface area contributed by atoms with Crippen LogP contribution in [0.2, 0.25) is 0 Å². The van der Waals surface area contributed by atoms with E-state index in [1.807, 2.05) is 35.0 Å². The van der Waals surface area contributed by atoms with Crippen molar-refractivity contribution < 1.29 is 4.79 Å². The van der Waals surface area contributed by atoms with Crippen molar-refractivity contribution in [1.82, 2.24) is 5.01 Å². The van der Waals surface area contributed by atoms with Gasteiger partial charge in [-0.3, -0.25) is 14.8 Å². The first-order chi connectivity index (χ1) is 9.50. The van der Waals surface area contributed by atoms with E-state index in [1.165, 1.54) is 0 Å². The van der Waals surface area contributed by atoms with Crippen molar-refractivity contribution in [3.63, 3.8) is 0 Å². The Bertz CT molecular complexity index is 606. The maximum atomic E-state index is 12.1. The van der Waals surface area contributed by atoms with E-state index in [0.29, 0.717) is 12.0 Å². The molecule has 104 valence electrons. The number of rotatable bonds is 1. The molecule has 0 radical (unpaired) electrons. The Balaban J connectivity index is 2.06. The molecule has 0 bridgehead atoms. The molecule has 1 saturated heterocycles. The minimum absolute atomic E-state index is 0.0457. The molecule has 5 heteroatoms. The van der Waals surface area contributed by atoms with Gasteiger partial charge in [-0.25, -0.2) is 0 Å². The molecular formula is C15H17N3OS. The second-order valence-electron chi connectivity index (χ2n) is 5.83. The fourth-order valence-electron chi connectivity index (χ4n) is 2.76. The van der Waals surface area contributed by atoms with Crippen molar-refractivity contribution in [1.29, 1.82) is 5.26 Å². The van der Waals surface area contributed by atoms with E-state index in [1.54, 1.807) is 0 Å². The van der Waals surface area contributed by atoms with Crippen LogP contribution in [0.3, 0.4) is 0 Å². The highest BCUT2D eigenvalue weighted by Crippen LogP contribution is 2.45.